The van der Waals surface area contributed by atoms with Gasteiger partial charge in [0.05, 0.1) is 25.8 Å². The van der Waals surface area contributed by atoms with E-state index in [1.54, 1.807) is 4.90 Å². The standard InChI is InChI=1S/C17H28N4O2/c18-11-16-2-1-5-21(16)17(22)12-19-15-4-3-14(10-15)13-20-6-8-23-9-7-20/h14-16,19H,1-10,12-13H2/t14-,15+,16-/m0/s1. The third-order valence-electron chi connectivity index (χ3n) is 5.43. The van der Waals surface area contributed by atoms with Crippen molar-refractivity contribution in [2.45, 2.75) is 44.2 Å². The van der Waals surface area contributed by atoms with Crippen molar-refractivity contribution in [1.29, 1.82) is 5.26 Å². The molecule has 1 amide bonds. The van der Waals surface area contributed by atoms with E-state index in [1.165, 1.54) is 6.42 Å². The Labute approximate surface area is 138 Å². The summed E-state index contributed by atoms with van der Waals surface area (Å²) in [6.07, 6.45) is 5.34. The maximum Gasteiger partial charge on any atom is 0.237 e. The van der Waals surface area contributed by atoms with E-state index in [-0.39, 0.29) is 11.9 Å². The molecule has 128 valence electrons. The second-order valence-corrected chi connectivity index (χ2v) is 7.04. The fraction of sp³-hybridized carbons (Fsp3) is 0.882. The summed E-state index contributed by atoms with van der Waals surface area (Å²) in [5.41, 5.74) is 0. The second kappa shape index (κ2) is 8.09. The summed E-state index contributed by atoms with van der Waals surface area (Å²) in [6.45, 7) is 6.11. The molecular weight excluding hydrogens is 292 g/mol. The minimum atomic E-state index is -0.207. The molecule has 3 fully saturated rings. The third kappa shape index (κ3) is 4.43. The number of nitrogens with zero attached hydrogens (tertiary/aromatic N) is 3. The predicted octanol–water partition coefficient (Wildman–Crippen LogP) is 0.591. The van der Waals surface area contributed by atoms with Crippen LogP contribution in [0.5, 0.6) is 0 Å². The number of ether oxygens (including phenoxy) is 1. The van der Waals surface area contributed by atoms with Gasteiger partial charge in [0, 0.05) is 32.2 Å². The van der Waals surface area contributed by atoms with E-state index in [4.69, 9.17) is 10.00 Å². The molecule has 1 saturated carbocycles. The number of morpholine rings is 1. The average Bonchev–Trinajstić information content (AvgIpc) is 3.22. The molecule has 0 aromatic carbocycles. The van der Waals surface area contributed by atoms with Crippen molar-refractivity contribution in [1.82, 2.24) is 15.1 Å². The Morgan fingerprint density at radius 3 is 2.83 bits per heavy atom. The molecule has 1 N–H and O–H groups in total. The number of carbonyl (C=O) groups excluding carboxylic acids is 1. The summed E-state index contributed by atoms with van der Waals surface area (Å²) >= 11 is 0. The molecule has 3 atom stereocenters. The van der Waals surface area contributed by atoms with Gasteiger partial charge >= 0.3 is 0 Å². The van der Waals surface area contributed by atoms with Crippen LogP contribution in [0.4, 0.5) is 0 Å². The average molecular weight is 320 g/mol. The van der Waals surface area contributed by atoms with Crippen LogP contribution in [0.15, 0.2) is 0 Å². The maximum absolute atomic E-state index is 12.3. The van der Waals surface area contributed by atoms with Crippen LogP contribution in [0.3, 0.4) is 0 Å². The summed E-state index contributed by atoms with van der Waals surface area (Å²) in [7, 11) is 0. The van der Waals surface area contributed by atoms with Gasteiger partial charge in [0.1, 0.15) is 6.04 Å². The van der Waals surface area contributed by atoms with Gasteiger partial charge in [-0.1, -0.05) is 0 Å². The first-order chi connectivity index (χ1) is 11.3. The van der Waals surface area contributed by atoms with Crippen LogP contribution in [0.25, 0.3) is 0 Å². The molecule has 6 heteroatoms. The van der Waals surface area contributed by atoms with Gasteiger partial charge in [0.15, 0.2) is 0 Å². The zero-order valence-electron chi connectivity index (χ0n) is 13.9. The smallest absolute Gasteiger partial charge is 0.237 e. The fourth-order valence-electron chi connectivity index (χ4n) is 4.11. The van der Waals surface area contributed by atoms with Crippen LogP contribution in [-0.2, 0) is 9.53 Å². The molecule has 2 aliphatic heterocycles. The van der Waals surface area contributed by atoms with Gasteiger partial charge in [-0.2, -0.15) is 5.26 Å². The molecule has 0 spiro atoms. The monoisotopic (exact) mass is 320 g/mol. The van der Waals surface area contributed by atoms with Gasteiger partial charge in [-0.15, -0.1) is 0 Å². The maximum atomic E-state index is 12.3. The Bertz CT molecular complexity index is 444. The zero-order chi connectivity index (χ0) is 16.1. The first-order valence-electron chi connectivity index (χ1n) is 8.99. The van der Waals surface area contributed by atoms with E-state index in [0.717, 1.165) is 71.0 Å². The van der Waals surface area contributed by atoms with Crippen LogP contribution in [0, 0.1) is 17.2 Å². The number of nitriles is 1. The van der Waals surface area contributed by atoms with Crippen molar-refractivity contribution in [2.75, 3.05) is 45.9 Å². The molecule has 3 aliphatic rings. The van der Waals surface area contributed by atoms with E-state index in [2.05, 4.69) is 16.3 Å². The lowest BCUT2D eigenvalue weighted by molar-refractivity contribution is -0.130. The minimum Gasteiger partial charge on any atom is -0.379 e. The normalized spacial score (nSPS) is 32.1. The molecular formula is C17H28N4O2. The number of hydrogen-bond donors (Lipinski definition) is 1. The highest BCUT2D eigenvalue weighted by molar-refractivity contribution is 5.79. The van der Waals surface area contributed by atoms with Crippen LogP contribution in [0.2, 0.25) is 0 Å². The molecule has 0 aromatic heterocycles. The summed E-state index contributed by atoms with van der Waals surface area (Å²) in [4.78, 5) is 16.5. The Kier molecular flexibility index (Phi) is 5.87. The summed E-state index contributed by atoms with van der Waals surface area (Å²) in [6, 6.07) is 2.48. The Morgan fingerprint density at radius 2 is 2.04 bits per heavy atom. The van der Waals surface area contributed by atoms with Gasteiger partial charge in [0.25, 0.3) is 0 Å². The van der Waals surface area contributed by atoms with E-state index >= 15 is 0 Å². The molecule has 23 heavy (non-hydrogen) atoms. The van der Waals surface area contributed by atoms with Crippen molar-refractivity contribution in [2.24, 2.45) is 5.92 Å². The Morgan fingerprint density at radius 1 is 1.22 bits per heavy atom. The topological polar surface area (TPSA) is 68.6 Å². The van der Waals surface area contributed by atoms with E-state index in [9.17, 15) is 4.79 Å². The molecule has 2 saturated heterocycles. The number of carbonyl (C=O) groups is 1. The first kappa shape index (κ1) is 16.7. The largest absolute Gasteiger partial charge is 0.379 e. The lowest BCUT2D eigenvalue weighted by atomic mass is 10.1. The third-order valence-corrected chi connectivity index (χ3v) is 5.43. The SMILES string of the molecule is N#C[C@@H]1CCCN1C(=O)CN[C@@H]1CC[C@H](CN2CCOCC2)C1. The van der Waals surface area contributed by atoms with Gasteiger partial charge in [-0.05, 0) is 38.0 Å². The molecule has 2 heterocycles. The number of hydrogen-bond acceptors (Lipinski definition) is 5. The predicted molar refractivity (Wildman–Crippen MR) is 86.7 cm³/mol. The lowest BCUT2D eigenvalue weighted by Gasteiger charge is -2.29. The van der Waals surface area contributed by atoms with Gasteiger partial charge in [-0.3, -0.25) is 9.69 Å². The molecule has 3 rings (SSSR count). The van der Waals surface area contributed by atoms with Crippen molar-refractivity contribution in [3.05, 3.63) is 0 Å². The molecule has 6 nitrogen and oxygen atoms in total. The van der Waals surface area contributed by atoms with Crippen molar-refractivity contribution in [3.63, 3.8) is 0 Å². The second-order valence-electron chi connectivity index (χ2n) is 7.04. The zero-order valence-corrected chi connectivity index (χ0v) is 13.9. The van der Waals surface area contributed by atoms with E-state index < -0.39 is 0 Å². The van der Waals surface area contributed by atoms with Gasteiger partial charge < -0.3 is 15.0 Å². The summed E-state index contributed by atoms with van der Waals surface area (Å²) in [5, 5.41) is 12.5. The van der Waals surface area contributed by atoms with Crippen molar-refractivity contribution < 1.29 is 9.53 Å². The fourth-order valence-corrected chi connectivity index (χ4v) is 4.11. The molecule has 0 aromatic rings. The number of amides is 1. The molecule has 0 bridgehead atoms. The van der Waals surface area contributed by atoms with Gasteiger partial charge in [0.2, 0.25) is 5.91 Å². The number of rotatable bonds is 5. The molecule has 0 unspecified atom stereocenters. The Hall–Kier alpha value is -1.16. The minimum absolute atomic E-state index is 0.0886. The van der Waals surface area contributed by atoms with Crippen LogP contribution >= 0.6 is 0 Å². The highest BCUT2D eigenvalue weighted by Crippen LogP contribution is 2.26. The number of nitrogens with one attached hydrogen (secondary N) is 1. The first-order valence-corrected chi connectivity index (χ1v) is 8.99. The lowest BCUT2D eigenvalue weighted by Crippen LogP contribution is -2.43. The van der Waals surface area contributed by atoms with E-state index in [1.807, 2.05) is 0 Å². The molecule has 0 radical (unpaired) electrons. The highest BCUT2D eigenvalue weighted by atomic mass is 16.5. The van der Waals surface area contributed by atoms with E-state index in [0.29, 0.717) is 12.6 Å². The van der Waals surface area contributed by atoms with Crippen LogP contribution in [0.1, 0.15) is 32.1 Å². The van der Waals surface area contributed by atoms with Gasteiger partial charge in [-0.25, -0.2) is 0 Å². The van der Waals surface area contributed by atoms with Crippen molar-refractivity contribution >= 4 is 5.91 Å². The summed E-state index contributed by atoms with van der Waals surface area (Å²) < 4.78 is 5.40. The molecule has 1 aliphatic carbocycles. The van der Waals surface area contributed by atoms with Crippen LogP contribution < -0.4 is 5.32 Å². The quantitative estimate of drug-likeness (QED) is 0.803. The van der Waals surface area contributed by atoms with Crippen LogP contribution in [-0.4, -0.2) is 73.7 Å². The van der Waals surface area contributed by atoms with Crippen molar-refractivity contribution in [3.8, 4) is 6.07 Å². The Balaban J connectivity index is 1.36. The highest BCUT2D eigenvalue weighted by Gasteiger charge is 2.30. The number of likely N-dealkylation sites (tertiary alicyclic amines) is 1. The summed E-state index contributed by atoms with van der Waals surface area (Å²) in [5.74, 6) is 0.824.